The zero-order valence-electron chi connectivity index (χ0n) is 12.2. The summed E-state index contributed by atoms with van der Waals surface area (Å²) in [5.41, 5.74) is 1.02. The van der Waals surface area contributed by atoms with E-state index in [2.05, 4.69) is 5.32 Å². The van der Waals surface area contributed by atoms with E-state index in [-0.39, 0.29) is 12.1 Å². The molecule has 1 atom stereocenters. The number of alkyl halides is 3. The maximum atomic E-state index is 12.6. The Labute approximate surface area is 119 Å². The molecule has 5 heteroatoms. The molecule has 0 aliphatic rings. The van der Waals surface area contributed by atoms with Crippen LogP contribution in [0.15, 0.2) is 30.3 Å². The van der Waals surface area contributed by atoms with E-state index in [0.717, 1.165) is 12.1 Å². The molecule has 0 radical (unpaired) electrons. The van der Waals surface area contributed by atoms with Crippen LogP contribution in [0.2, 0.25) is 0 Å². The number of nitrogens with zero attached hydrogens (tertiary/aromatic N) is 1. The highest BCUT2D eigenvalue weighted by molar-refractivity contribution is 5.19. The highest BCUT2D eigenvalue weighted by Gasteiger charge is 2.32. The normalized spacial score (nSPS) is 14.0. The van der Waals surface area contributed by atoms with Crippen LogP contribution >= 0.6 is 0 Å². The largest absolute Gasteiger partial charge is 0.401 e. The van der Waals surface area contributed by atoms with E-state index in [1.54, 1.807) is 13.8 Å². The quantitative estimate of drug-likeness (QED) is 0.824. The second-order valence-corrected chi connectivity index (χ2v) is 5.16. The first-order chi connectivity index (χ1) is 9.33. The van der Waals surface area contributed by atoms with Crippen LogP contribution < -0.4 is 5.32 Å². The van der Waals surface area contributed by atoms with Crippen molar-refractivity contribution in [1.29, 1.82) is 0 Å². The van der Waals surface area contributed by atoms with Crippen molar-refractivity contribution in [2.75, 3.05) is 19.6 Å². The average molecular weight is 288 g/mol. The molecule has 1 N–H and O–H groups in total. The lowest BCUT2D eigenvalue weighted by molar-refractivity contribution is -0.150. The molecule has 1 aromatic carbocycles. The third kappa shape index (κ3) is 5.92. The van der Waals surface area contributed by atoms with Gasteiger partial charge in [-0.25, -0.2) is 0 Å². The third-order valence-electron chi connectivity index (χ3n) is 3.18. The summed E-state index contributed by atoms with van der Waals surface area (Å²) >= 11 is 0. The lowest BCUT2D eigenvalue weighted by Crippen LogP contribution is -2.44. The Hall–Kier alpha value is -1.07. The van der Waals surface area contributed by atoms with Crippen LogP contribution in [-0.2, 0) is 0 Å². The van der Waals surface area contributed by atoms with E-state index in [1.807, 2.05) is 37.3 Å². The minimum absolute atomic E-state index is 0.0917. The van der Waals surface area contributed by atoms with E-state index in [1.165, 1.54) is 4.90 Å². The van der Waals surface area contributed by atoms with Crippen LogP contribution in [0.25, 0.3) is 0 Å². The predicted octanol–water partition coefficient (Wildman–Crippen LogP) is 3.61. The van der Waals surface area contributed by atoms with Gasteiger partial charge in [-0.3, -0.25) is 4.90 Å². The number of halogens is 3. The van der Waals surface area contributed by atoms with E-state index in [0.29, 0.717) is 6.54 Å². The lowest BCUT2D eigenvalue weighted by atomic mass is 10.1. The van der Waals surface area contributed by atoms with Crippen LogP contribution in [0.5, 0.6) is 0 Å². The molecule has 0 amide bonds. The molecule has 0 bridgehead atoms. The number of hydrogen-bond acceptors (Lipinski definition) is 2. The lowest BCUT2D eigenvalue weighted by Gasteiger charge is -2.32. The van der Waals surface area contributed by atoms with Gasteiger partial charge >= 0.3 is 6.18 Å². The van der Waals surface area contributed by atoms with Crippen molar-refractivity contribution in [3.8, 4) is 0 Å². The van der Waals surface area contributed by atoms with E-state index >= 15 is 0 Å². The molecule has 1 rings (SSSR count). The molecule has 0 heterocycles. The summed E-state index contributed by atoms with van der Waals surface area (Å²) in [6.45, 7) is 5.73. The van der Waals surface area contributed by atoms with Crippen LogP contribution in [0, 0.1) is 0 Å². The molecule has 0 fully saturated rings. The Bertz CT molecular complexity index is 376. The summed E-state index contributed by atoms with van der Waals surface area (Å²) < 4.78 is 37.9. The average Bonchev–Trinajstić information content (AvgIpc) is 2.36. The molecule has 0 spiro atoms. The summed E-state index contributed by atoms with van der Waals surface area (Å²) in [6, 6.07) is 9.36. The van der Waals surface area contributed by atoms with Gasteiger partial charge in [0.05, 0.1) is 6.54 Å². The van der Waals surface area contributed by atoms with Gasteiger partial charge in [0.2, 0.25) is 0 Å². The Balaban J connectivity index is 2.81. The van der Waals surface area contributed by atoms with Crippen molar-refractivity contribution in [1.82, 2.24) is 10.2 Å². The van der Waals surface area contributed by atoms with E-state index in [9.17, 15) is 13.2 Å². The smallest absolute Gasteiger partial charge is 0.309 e. The molecule has 1 aromatic rings. The van der Waals surface area contributed by atoms with Gasteiger partial charge in [0, 0.05) is 18.6 Å². The maximum absolute atomic E-state index is 12.6. The molecular weight excluding hydrogens is 265 g/mol. The van der Waals surface area contributed by atoms with Crippen molar-refractivity contribution < 1.29 is 13.2 Å². The van der Waals surface area contributed by atoms with Crippen LogP contribution in [0.3, 0.4) is 0 Å². The predicted molar refractivity (Wildman–Crippen MR) is 75.6 cm³/mol. The van der Waals surface area contributed by atoms with Gasteiger partial charge in [-0.05, 0) is 26.0 Å². The molecule has 2 nitrogen and oxygen atoms in total. The molecule has 0 saturated carbocycles. The second kappa shape index (κ2) is 7.64. The van der Waals surface area contributed by atoms with Crippen molar-refractivity contribution in [3.63, 3.8) is 0 Å². The highest BCUT2D eigenvalue weighted by atomic mass is 19.4. The van der Waals surface area contributed by atoms with Crippen LogP contribution in [0.1, 0.15) is 32.4 Å². The fourth-order valence-corrected chi connectivity index (χ4v) is 2.14. The monoisotopic (exact) mass is 288 g/mol. The van der Waals surface area contributed by atoms with Gasteiger partial charge in [-0.1, -0.05) is 37.3 Å². The Morgan fingerprint density at radius 2 is 1.75 bits per heavy atom. The zero-order valence-corrected chi connectivity index (χ0v) is 12.2. The third-order valence-corrected chi connectivity index (χ3v) is 3.18. The SMILES string of the molecule is CCNC(CN(CC(F)(F)F)C(C)C)c1ccccc1. The standard InChI is InChI=1S/C15H23F3N2/c1-4-19-14(13-8-6-5-7-9-13)10-20(12(2)3)11-15(16,17)18/h5-9,12,14,19H,4,10-11H2,1-3H3. The number of rotatable bonds is 7. The van der Waals surface area contributed by atoms with Crippen molar-refractivity contribution in [2.24, 2.45) is 0 Å². The molecule has 1 unspecified atom stereocenters. The highest BCUT2D eigenvalue weighted by Crippen LogP contribution is 2.21. The maximum Gasteiger partial charge on any atom is 0.401 e. The number of nitrogens with one attached hydrogen (secondary N) is 1. The Kier molecular flexibility index (Phi) is 6.49. The van der Waals surface area contributed by atoms with Crippen molar-refractivity contribution in [2.45, 2.75) is 39.0 Å². The summed E-state index contributed by atoms with van der Waals surface area (Å²) in [4.78, 5) is 1.46. The number of benzene rings is 1. The molecule has 0 aromatic heterocycles. The zero-order chi connectivity index (χ0) is 15.2. The molecule has 20 heavy (non-hydrogen) atoms. The number of likely N-dealkylation sites (N-methyl/N-ethyl adjacent to an activating group) is 1. The molecule has 0 aliphatic heterocycles. The summed E-state index contributed by atoms with van der Waals surface area (Å²) in [6.07, 6.45) is -4.17. The Morgan fingerprint density at radius 1 is 1.15 bits per heavy atom. The molecular formula is C15H23F3N2. The molecule has 114 valence electrons. The summed E-state index contributed by atoms with van der Waals surface area (Å²) in [5.74, 6) is 0. The van der Waals surface area contributed by atoms with Gasteiger partial charge in [-0.2, -0.15) is 13.2 Å². The van der Waals surface area contributed by atoms with Gasteiger partial charge in [0.1, 0.15) is 0 Å². The first-order valence-electron chi connectivity index (χ1n) is 6.92. The van der Waals surface area contributed by atoms with Gasteiger partial charge in [0.15, 0.2) is 0 Å². The van der Waals surface area contributed by atoms with E-state index in [4.69, 9.17) is 0 Å². The molecule has 0 aliphatic carbocycles. The summed E-state index contributed by atoms with van der Waals surface area (Å²) in [5, 5.41) is 3.26. The Morgan fingerprint density at radius 3 is 2.20 bits per heavy atom. The van der Waals surface area contributed by atoms with Gasteiger partial charge in [0.25, 0.3) is 0 Å². The van der Waals surface area contributed by atoms with Crippen molar-refractivity contribution >= 4 is 0 Å². The van der Waals surface area contributed by atoms with Crippen LogP contribution in [-0.4, -0.2) is 36.8 Å². The topological polar surface area (TPSA) is 15.3 Å². The second-order valence-electron chi connectivity index (χ2n) is 5.16. The molecule has 0 saturated heterocycles. The minimum Gasteiger partial charge on any atom is -0.309 e. The minimum atomic E-state index is -4.17. The van der Waals surface area contributed by atoms with Gasteiger partial charge < -0.3 is 5.32 Å². The summed E-state index contributed by atoms with van der Waals surface area (Å²) in [7, 11) is 0. The van der Waals surface area contributed by atoms with Crippen LogP contribution in [0.4, 0.5) is 13.2 Å². The van der Waals surface area contributed by atoms with E-state index < -0.39 is 12.7 Å². The first kappa shape index (κ1) is 17.0. The number of hydrogen-bond donors (Lipinski definition) is 1. The van der Waals surface area contributed by atoms with Gasteiger partial charge in [-0.15, -0.1) is 0 Å². The first-order valence-corrected chi connectivity index (χ1v) is 6.92. The fourth-order valence-electron chi connectivity index (χ4n) is 2.14. The van der Waals surface area contributed by atoms with Crippen molar-refractivity contribution in [3.05, 3.63) is 35.9 Å². The fraction of sp³-hybridized carbons (Fsp3) is 0.600.